The summed E-state index contributed by atoms with van der Waals surface area (Å²) in [4.78, 5) is 0.999. The van der Waals surface area contributed by atoms with E-state index in [-0.39, 0.29) is 96.6 Å². The van der Waals surface area contributed by atoms with Gasteiger partial charge >= 0.3 is 0 Å². The first-order valence-electron chi connectivity index (χ1n) is 23.9. The van der Waals surface area contributed by atoms with Gasteiger partial charge in [-0.2, -0.15) is 17.2 Å². The second-order valence-electron chi connectivity index (χ2n) is 19.4. The molecule has 0 radical (unpaired) electrons. The molecule has 0 saturated heterocycles. The van der Waals surface area contributed by atoms with E-state index >= 15 is 0 Å². The second-order valence-corrected chi connectivity index (χ2v) is 26.9. The predicted octanol–water partition coefficient (Wildman–Crippen LogP) is 9.30. The van der Waals surface area contributed by atoms with Gasteiger partial charge in [0.15, 0.2) is 0 Å². The zero-order valence-corrected chi connectivity index (χ0v) is 46.2. The minimum Gasteiger partial charge on any atom is -0.207 e. The van der Waals surface area contributed by atoms with Crippen LogP contribution in [-0.4, -0.2) is 103 Å². The zero-order chi connectivity index (χ0) is 50.8. The summed E-state index contributed by atoms with van der Waals surface area (Å²) in [6.45, 7) is 26.6. The van der Waals surface area contributed by atoms with Crippen LogP contribution in [0, 0.1) is 94.9 Å². The van der Waals surface area contributed by atoms with Crippen molar-refractivity contribution in [2.75, 3.05) is 52.4 Å². The fraction of sp³-hybridized carbons (Fsp3) is 0.538. The lowest BCUT2D eigenvalue weighted by molar-refractivity contribution is 0.119. The fourth-order valence-electron chi connectivity index (χ4n) is 10.8. The van der Waals surface area contributed by atoms with Crippen LogP contribution in [0.5, 0.6) is 0 Å². The van der Waals surface area contributed by atoms with E-state index in [9.17, 15) is 33.7 Å². The van der Waals surface area contributed by atoms with Gasteiger partial charge in [0.1, 0.15) is 0 Å². The van der Waals surface area contributed by atoms with Crippen LogP contribution >= 0.6 is 0 Å². The molecule has 12 nitrogen and oxygen atoms in total. The van der Waals surface area contributed by atoms with Crippen LogP contribution in [0.3, 0.4) is 0 Å². The quantitative estimate of drug-likeness (QED) is 0.0757. The monoisotopic (exact) mass is 1010 g/mol. The zero-order valence-electron chi connectivity index (χ0n) is 42.9. The normalized spacial score (nSPS) is 16.1. The highest BCUT2D eigenvalue weighted by Crippen LogP contribution is 2.39. The van der Waals surface area contributed by atoms with Gasteiger partial charge in [-0.15, -0.1) is 0 Å². The van der Waals surface area contributed by atoms with Gasteiger partial charge in [0, 0.05) is 52.4 Å². The molecule has 4 aromatic carbocycles. The minimum absolute atomic E-state index is 0.0568. The van der Waals surface area contributed by atoms with Crippen LogP contribution in [0.25, 0.3) is 0 Å². The Morgan fingerprint density at radius 3 is 0.735 bits per heavy atom. The molecule has 2 atom stereocenters. The van der Waals surface area contributed by atoms with E-state index < -0.39 is 40.1 Å². The molecule has 1 fully saturated rings. The summed E-state index contributed by atoms with van der Waals surface area (Å²) in [6.07, 6.45) is 1.83. The van der Waals surface area contributed by atoms with Gasteiger partial charge in [-0.25, -0.2) is 33.7 Å². The lowest BCUT2D eigenvalue weighted by atomic mass is 9.73. The highest BCUT2D eigenvalue weighted by atomic mass is 32.2. The average molecular weight is 1010 g/mol. The third-order valence-electron chi connectivity index (χ3n) is 13.6. The standard InChI is InChI=1S/C52H76N4O8S4/c1-15-53(65(57,58)49-39(7)25-35(3)26-40(49)8)21-17-23-55(67(61,62)51-43(11)29-37(5)30-44(51)12)33-47-19-20-48(47)34-56(68(63,64)52-45(13)31-38(6)32-46(52)14)24-18-22-54(16-2)66(59,60)50-41(9)27-36(4)28-42(50)10/h25-32,47-48H,15-24,33-34H2,1-14H3/t47-,48-/m0/s1. The van der Waals surface area contributed by atoms with Gasteiger partial charge in [0.25, 0.3) is 0 Å². The highest BCUT2D eigenvalue weighted by Gasteiger charge is 2.41. The van der Waals surface area contributed by atoms with Crippen LogP contribution < -0.4 is 0 Å². The number of rotatable bonds is 22. The predicted molar refractivity (Wildman–Crippen MR) is 274 cm³/mol. The molecule has 0 spiro atoms. The first-order chi connectivity index (χ1) is 31.6. The van der Waals surface area contributed by atoms with Crippen LogP contribution in [0.2, 0.25) is 0 Å². The van der Waals surface area contributed by atoms with Crippen LogP contribution in [0.15, 0.2) is 68.1 Å². The van der Waals surface area contributed by atoms with Crippen molar-refractivity contribution in [1.82, 2.24) is 17.2 Å². The molecule has 0 unspecified atom stereocenters. The Hall–Kier alpha value is -3.48. The molecule has 5 rings (SSSR count). The summed E-state index contributed by atoms with van der Waals surface area (Å²) >= 11 is 0. The van der Waals surface area contributed by atoms with Crippen molar-refractivity contribution in [3.63, 3.8) is 0 Å². The van der Waals surface area contributed by atoms with Crippen molar-refractivity contribution in [3.8, 4) is 0 Å². The number of aryl methyl sites for hydroxylation is 12. The third-order valence-corrected chi connectivity index (χ3v) is 22.5. The maximum Gasteiger partial charge on any atom is 0.243 e. The van der Waals surface area contributed by atoms with Gasteiger partial charge in [0.2, 0.25) is 40.1 Å². The SMILES string of the molecule is CCN(CCCN(C[C@@H]1CC[C@H]1CN(CCCN(CC)S(=O)(=O)c1c(C)cc(C)cc1C)S(=O)(=O)c1c(C)cc(C)cc1C)S(=O)(=O)c1c(C)cc(C)cc1C)S(=O)(=O)c1c(C)cc(C)cc1C. The van der Waals surface area contributed by atoms with E-state index in [0.717, 1.165) is 22.3 Å². The number of hydrogen-bond donors (Lipinski definition) is 0. The molecule has 1 saturated carbocycles. The van der Waals surface area contributed by atoms with Gasteiger partial charge in [0.05, 0.1) is 19.6 Å². The first-order valence-corrected chi connectivity index (χ1v) is 29.7. The lowest BCUT2D eigenvalue weighted by Crippen LogP contribution is -2.47. The molecular formula is C52H76N4O8S4. The van der Waals surface area contributed by atoms with Crippen molar-refractivity contribution in [1.29, 1.82) is 0 Å². The lowest BCUT2D eigenvalue weighted by Gasteiger charge is -2.42. The topological polar surface area (TPSA) is 150 Å². The fourth-order valence-corrected chi connectivity index (χ4v) is 18.5. The molecule has 4 aromatic rings. The smallest absolute Gasteiger partial charge is 0.207 e. The molecule has 0 amide bonds. The Morgan fingerprint density at radius 1 is 0.353 bits per heavy atom. The Morgan fingerprint density at radius 2 is 0.544 bits per heavy atom. The number of sulfonamides is 4. The average Bonchev–Trinajstić information content (AvgIpc) is 3.17. The molecule has 68 heavy (non-hydrogen) atoms. The largest absolute Gasteiger partial charge is 0.243 e. The van der Waals surface area contributed by atoms with Crippen LogP contribution in [-0.2, 0) is 40.1 Å². The molecule has 0 bridgehead atoms. The first kappa shape index (κ1) is 55.4. The highest BCUT2D eigenvalue weighted by molar-refractivity contribution is 7.90. The Balaban J connectivity index is 1.46. The van der Waals surface area contributed by atoms with E-state index in [1.165, 1.54) is 17.2 Å². The summed E-state index contributed by atoms with van der Waals surface area (Å²) in [7, 11) is -16.0. The summed E-state index contributed by atoms with van der Waals surface area (Å²) in [5, 5.41) is 0. The molecule has 1 aliphatic rings. The van der Waals surface area contributed by atoms with Gasteiger partial charge in [-0.05, 0) is 165 Å². The molecule has 16 heteroatoms. The second kappa shape index (κ2) is 21.9. The maximum absolute atomic E-state index is 14.9. The van der Waals surface area contributed by atoms with Gasteiger partial charge in [-0.1, -0.05) is 84.6 Å². The van der Waals surface area contributed by atoms with Gasteiger partial charge < -0.3 is 0 Å². The summed E-state index contributed by atoms with van der Waals surface area (Å²) in [6, 6.07) is 14.9. The Bertz CT molecular complexity index is 2680. The molecule has 376 valence electrons. The Labute approximate surface area is 410 Å². The van der Waals surface area contributed by atoms with E-state index in [1.807, 2.05) is 76.2 Å². The maximum atomic E-state index is 14.9. The molecule has 0 aliphatic heterocycles. The van der Waals surface area contributed by atoms with Crippen LogP contribution in [0.1, 0.15) is 106 Å². The molecular weight excluding hydrogens is 937 g/mol. The Kier molecular flexibility index (Phi) is 17.8. The minimum atomic E-state index is -4.10. The van der Waals surface area contributed by atoms with E-state index in [1.54, 1.807) is 69.2 Å². The van der Waals surface area contributed by atoms with Crippen molar-refractivity contribution in [3.05, 3.63) is 115 Å². The van der Waals surface area contributed by atoms with Crippen molar-refractivity contribution in [2.24, 2.45) is 11.8 Å². The summed E-state index contributed by atoms with van der Waals surface area (Å²) in [5.74, 6) is -0.393. The molecule has 1 aliphatic carbocycles. The number of benzene rings is 4. The molecule has 0 N–H and O–H groups in total. The van der Waals surface area contributed by atoms with Crippen molar-refractivity contribution in [2.45, 2.75) is 142 Å². The number of nitrogens with zero attached hydrogens (tertiary/aromatic N) is 4. The number of hydrogen-bond acceptors (Lipinski definition) is 8. The van der Waals surface area contributed by atoms with E-state index in [4.69, 9.17) is 0 Å². The van der Waals surface area contributed by atoms with E-state index in [0.29, 0.717) is 57.3 Å². The van der Waals surface area contributed by atoms with E-state index in [2.05, 4.69) is 0 Å². The third kappa shape index (κ3) is 11.8. The summed E-state index contributed by atoms with van der Waals surface area (Å²) in [5.41, 5.74) is 8.96. The molecule has 0 heterocycles. The molecule has 0 aromatic heterocycles. The summed E-state index contributed by atoms with van der Waals surface area (Å²) < 4.78 is 122. The van der Waals surface area contributed by atoms with Crippen molar-refractivity contribution >= 4 is 40.1 Å². The van der Waals surface area contributed by atoms with Crippen molar-refractivity contribution < 1.29 is 33.7 Å². The van der Waals surface area contributed by atoms with Gasteiger partial charge in [-0.3, -0.25) is 0 Å². The van der Waals surface area contributed by atoms with Crippen LogP contribution in [0.4, 0.5) is 0 Å².